The Bertz CT molecular complexity index is 852. The number of methoxy groups -OCH3 is 2. The number of ether oxygens (including phenoxy) is 2. The monoisotopic (exact) mass is 547 g/mol. The molecule has 0 bridgehead atoms. The van der Waals surface area contributed by atoms with Crippen molar-refractivity contribution in [1.82, 2.24) is 16.0 Å². The number of nitrogens with two attached hydrogens (primary N) is 2. The molecule has 0 aliphatic heterocycles. The van der Waals surface area contributed by atoms with E-state index < -0.39 is 72.2 Å². The predicted octanol–water partition coefficient (Wildman–Crippen LogP) is -2.64. The number of carbonyl (C=O) groups is 7. The van der Waals surface area contributed by atoms with Crippen LogP contribution < -0.4 is 27.4 Å². The lowest BCUT2D eigenvalue weighted by Gasteiger charge is -2.23. The minimum absolute atomic E-state index is 0.0241. The zero-order chi connectivity index (χ0) is 29.3. The van der Waals surface area contributed by atoms with E-state index in [4.69, 9.17) is 21.7 Å². The summed E-state index contributed by atoms with van der Waals surface area (Å²) in [5, 5.41) is 24.7. The average molecular weight is 548 g/mol. The molecule has 4 unspecified atom stereocenters. The van der Waals surface area contributed by atoms with Crippen LogP contribution in [-0.2, 0) is 43.0 Å². The van der Waals surface area contributed by atoms with Crippen LogP contribution in [0.15, 0.2) is 0 Å². The Hall–Kier alpha value is -3.79. The molecule has 0 fully saturated rings. The molecule has 38 heavy (non-hydrogen) atoms. The summed E-state index contributed by atoms with van der Waals surface area (Å²) >= 11 is 0. The number of nitrogens with one attached hydrogen (secondary N) is 3. The molecule has 0 saturated carbocycles. The van der Waals surface area contributed by atoms with E-state index in [1.807, 2.05) is 0 Å². The van der Waals surface area contributed by atoms with Gasteiger partial charge in [-0.25, -0.2) is 4.79 Å². The number of carboxylic acids is 2. The van der Waals surface area contributed by atoms with E-state index in [1.165, 1.54) is 0 Å². The Morgan fingerprint density at radius 3 is 1.74 bits per heavy atom. The van der Waals surface area contributed by atoms with Crippen LogP contribution in [-0.4, -0.2) is 96.7 Å². The van der Waals surface area contributed by atoms with Crippen molar-refractivity contribution in [1.29, 1.82) is 0 Å². The van der Waals surface area contributed by atoms with Crippen molar-refractivity contribution >= 4 is 41.6 Å². The van der Waals surface area contributed by atoms with Crippen molar-refractivity contribution in [2.75, 3.05) is 20.8 Å². The maximum Gasteiger partial charge on any atom is 0.328 e. The van der Waals surface area contributed by atoms with E-state index in [9.17, 15) is 33.6 Å². The molecule has 9 N–H and O–H groups in total. The van der Waals surface area contributed by atoms with Gasteiger partial charge in [0.2, 0.25) is 17.7 Å². The average Bonchev–Trinajstić information content (AvgIpc) is 2.87. The quantitative estimate of drug-likeness (QED) is 0.0644. The van der Waals surface area contributed by atoms with Crippen LogP contribution in [0.2, 0.25) is 0 Å². The second kappa shape index (κ2) is 18.5. The topological polar surface area (TPSA) is 267 Å². The smallest absolute Gasteiger partial charge is 0.328 e. The van der Waals surface area contributed by atoms with Gasteiger partial charge in [0.1, 0.15) is 12.1 Å². The summed E-state index contributed by atoms with van der Waals surface area (Å²) in [7, 11) is 2.15. The minimum Gasteiger partial charge on any atom is -0.481 e. The summed E-state index contributed by atoms with van der Waals surface area (Å²) in [6, 6.07) is -4.84. The molecular formula is C22H37N5O11. The van der Waals surface area contributed by atoms with Gasteiger partial charge in [-0.2, -0.15) is 0 Å². The highest BCUT2D eigenvalue weighted by Gasteiger charge is 2.30. The van der Waals surface area contributed by atoms with E-state index in [0.29, 0.717) is 6.42 Å². The lowest BCUT2D eigenvalue weighted by molar-refractivity contribution is -0.151. The second-order valence-electron chi connectivity index (χ2n) is 8.29. The highest BCUT2D eigenvalue weighted by atomic mass is 16.5. The van der Waals surface area contributed by atoms with E-state index >= 15 is 0 Å². The maximum atomic E-state index is 12.9. The summed E-state index contributed by atoms with van der Waals surface area (Å²) in [6.45, 7) is 0.146. The van der Waals surface area contributed by atoms with Gasteiger partial charge >= 0.3 is 23.9 Å². The van der Waals surface area contributed by atoms with Crippen LogP contribution in [0.1, 0.15) is 51.4 Å². The highest BCUT2D eigenvalue weighted by molar-refractivity contribution is 5.93. The van der Waals surface area contributed by atoms with Crippen molar-refractivity contribution in [3.63, 3.8) is 0 Å². The summed E-state index contributed by atoms with van der Waals surface area (Å²) in [4.78, 5) is 82.2. The molecule has 3 amide bonds. The molecule has 0 aliphatic rings. The number of hydrogen-bond donors (Lipinski definition) is 7. The third-order valence-electron chi connectivity index (χ3n) is 5.26. The molecule has 0 aromatic heterocycles. The molecule has 0 saturated heterocycles. The van der Waals surface area contributed by atoms with Gasteiger partial charge in [0.15, 0.2) is 0 Å². The van der Waals surface area contributed by atoms with E-state index in [-0.39, 0.29) is 45.1 Å². The van der Waals surface area contributed by atoms with Gasteiger partial charge in [0.05, 0.1) is 32.7 Å². The number of hydrogen-bond acceptors (Lipinski definition) is 11. The van der Waals surface area contributed by atoms with Crippen molar-refractivity contribution in [3.8, 4) is 0 Å². The Morgan fingerprint density at radius 1 is 0.711 bits per heavy atom. The van der Waals surface area contributed by atoms with Crippen molar-refractivity contribution in [3.05, 3.63) is 0 Å². The number of carbonyl (C=O) groups excluding carboxylic acids is 5. The highest BCUT2D eigenvalue weighted by Crippen LogP contribution is 2.06. The molecule has 216 valence electrons. The minimum atomic E-state index is -1.40. The van der Waals surface area contributed by atoms with E-state index in [0.717, 1.165) is 14.2 Å². The molecule has 16 nitrogen and oxygen atoms in total. The van der Waals surface area contributed by atoms with Crippen LogP contribution in [0.5, 0.6) is 0 Å². The van der Waals surface area contributed by atoms with Gasteiger partial charge < -0.3 is 47.1 Å². The fourth-order valence-electron chi connectivity index (χ4n) is 3.04. The molecule has 0 rings (SSSR count). The first-order valence-electron chi connectivity index (χ1n) is 11.8. The number of carboxylic acid groups (broad SMARTS) is 2. The van der Waals surface area contributed by atoms with Crippen LogP contribution in [0.25, 0.3) is 0 Å². The van der Waals surface area contributed by atoms with Gasteiger partial charge in [0, 0.05) is 19.4 Å². The zero-order valence-corrected chi connectivity index (χ0v) is 21.4. The third kappa shape index (κ3) is 14.7. The number of unbranched alkanes of at least 4 members (excludes halogenated alkanes) is 1. The van der Waals surface area contributed by atoms with Gasteiger partial charge in [-0.3, -0.25) is 28.8 Å². The second-order valence-corrected chi connectivity index (χ2v) is 8.29. The lowest BCUT2D eigenvalue weighted by atomic mass is 10.1. The first-order valence-corrected chi connectivity index (χ1v) is 11.8. The summed E-state index contributed by atoms with van der Waals surface area (Å²) in [5.41, 5.74) is 11.3. The maximum absolute atomic E-state index is 12.9. The van der Waals surface area contributed by atoms with E-state index in [2.05, 4.69) is 25.4 Å². The van der Waals surface area contributed by atoms with Crippen molar-refractivity contribution < 1.29 is 53.2 Å². The largest absolute Gasteiger partial charge is 0.481 e. The molecule has 16 heteroatoms. The van der Waals surface area contributed by atoms with Gasteiger partial charge in [-0.1, -0.05) is 0 Å². The molecule has 0 aromatic rings. The van der Waals surface area contributed by atoms with Crippen molar-refractivity contribution in [2.45, 2.75) is 75.5 Å². The Labute approximate surface area is 219 Å². The normalized spacial score (nSPS) is 13.7. The number of amides is 3. The number of rotatable bonds is 19. The fraction of sp³-hybridized carbons (Fsp3) is 0.682. The van der Waals surface area contributed by atoms with Gasteiger partial charge in [-0.15, -0.1) is 0 Å². The lowest BCUT2D eigenvalue weighted by Crippen LogP contribution is -2.55. The molecule has 0 aliphatic carbocycles. The number of aliphatic carboxylic acids is 2. The Morgan fingerprint density at radius 2 is 1.24 bits per heavy atom. The molecule has 0 radical (unpaired) electrons. The standard InChI is InChI=1S/C22H37N5O11/c1-37-18(32)11-15(22(36)38-2)27-21(35)14(26-20(34)13(24)7-9-17(30)31)5-3-4-10-25-19(33)12(23)6-8-16(28)29/h12-15H,3-11,23-24H2,1-2H3,(H,25,33)(H,26,34)(H,27,35)(H,28,29)(H,30,31). The molecule has 0 aromatic carbocycles. The molecule has 0 spiro atoms. The Kier molecular flexibility index (Phi) is 16.6. The summed E-state index contributed by atoms with van der Waals surface area (Å²) in [5.74, 6) is -6.13. The molecule has 4 atom stereocenters. The zero-order valence-electron chi connectivity index (χ0n) is 21.4. The summed E-state index contributed by atoms with van der Waals surface area (Å²) in [6.07, 6.45) is -0.733. The summed E-state index contributed by atoms with van der Waals surface area (Å²) < 4.78 is 9.10. The van der Waals surface area contributed by atoms with Crippen LogP contribution in [0.4, 0.5) is 0 Å². The third-order valence-corrected chi connectivity index (χ3v) is 5.26. The fourth-order valence-corrected chi connectivity index (χ4v) is 3.04. The Balaban J connectivity index is 5.18. The molecular weight excluding hydrogens is 510 g/mol. The predicted molar refractivity (Wildman–Crippen MR) is 129 cm³/mol. The van der Waals surface area contributed by atoms with E-state index in [1.54, 1.807) is 0 Å². The van der Waals surface area contributed by atoms with Crippen LogP contribution >= 0.6 is 0 Å². The first-order chi connectivity index (χ1) is 17.8. The van der Waals surface area contributed by atoms with Gasteiger partial charge in [-0.05, 0) is 32.1 Å². The van der Waals surface area contributed by atoms with Gasteiger partial charge in [0.25, 0.3) is 0 Å². The van der Waals surface area contributed by atoms with Crippen LogP contribution in [0.3, 0.4) is 0 Å². The van der Waals surface area contributed by atoms with Crippen LogP contribution in [0, 0.1) is 0 Å². The first kappa shape index (κ1) is 34.2. The number of esters is 2. The van der Waals surface area contributed by atoms with Crippen molar-refractivity contribution in [2.24, 2.45) is 11.5 Å². The SMILES string of the molecule is COC(=O)CC(NC(=O)C(CCCCNC(=O)C(N)CCC(=O)O)NC(=O)C(N)CCC(=O)O)C(=O)OC. The molecule has 0 heterocycles.